The minimum Gasteiger partial charge on any atom is -0.478 e. The van der Waals surface area contributed by atoms with E-state index in [0.29, 0.717) is 19.5 Å². The lowest BCUT2D eigenvalue weighted by molar-refractivity contribution is -0.121. The molecule has 0 heterocycles. The van der Waals surface area contributed by atoms with Crippen LogP contribution in [0.2, 0.25) is 0 Å². The molecule has 0 bridgehead atoms. The van der Waals surface area contributed by atoms with Crippen molar-refractivity contribution in [2.45, 2.75) is 19.8 Å². The van der Waals surface area contributed by atoms with Crippen molar-refractivity contribution in [2.75, 3.05) is 13.1 Å². The molecule has 0 fully saturated rings. The van der Waals surface area contributed by atoms with E-state index in [4.69, 9.17) is 5.11 Å². The lowest BCUT2D eigenvalue weighted by atomic mass is 10.1. The minimum atomic E-state index is -0.956. The molecule has 6 heteroatoms. The van der Waals surface area contributed by atoms with E-state index >= 15 is 0 Å². The second-order valence-corrected chi connectivity index (χ2v) is 4.33. The van der Waals surface area contributed by atoms with E-state index in [1.54, 1.807) is 12.1 Å². The van der Waals surface area contributed by atoms with Crippen LogP contribution >= 0.6 is 0 Å². The van der Waals surface area contributed by atoms with Crippen LogP contribution < -0.4 is 10.6 Å². The summed E-state index contributed by atoms with van der Waals surface area (Å²) in [5, 5.41) is 14.0. The van der Waals surface area contributed by atoms with Crippen LogP contribution in [0.25, 0.3) is 0 Å². The molecule has 1 rings (SSSR count). The van der Waals surface area contributed by atoms with E-state index in [1.165, 1.54) is 19.1 Å². The zero-order valence-electron chi connectivity index (χ0n) is 11.3. The van der Waals surface area contributed by atoms with Gasteiger partial charge in [-0.05, 0) is 24.1 Å². The third-order valence-corrected chi connectivity index (χ3v) is 2.66. The maximum Gasteiger partial charge on any atom is 0.335 e. The van der Waals surface area contributed by atoms with Crippen molar-refractivity contribution in [3.05, 3.63) is 35.4 Å². The first-order chi connectivity index (χ1) is 9.49. The SMILES string of the molecule is CC(=O)NCCC(=O)NCCc1ccc(C(=O)O)cc1. The van der Waals surface area contributed by atoms with Gasteiger partial charge in [-0.15, -0.1) is 0 Å². The fourth-order valence-corrected chi connectivity index (χ4v) is 1.60. The monoisotopic (exact) mass is 278 g/mol. The lowest BCUT2D eigenvalue weighted by Crippen LogP contribution is -2.30. The van der Waals surface area contributed by atoms with Crippen LogP contribution in [0, 0.1) is 0 Å². The number of aromatic carboxylic acids is 1. The number of carbonyl (C=O) groups is 3. The maximum absolute atomic E-state index is 11.4. The van der Waals surface area contributed by atoms with Crippen molar-refractivity contribution in [1.29, 1.82) is 0 Å². The Labute approximate surface area is 117 Å². The second-order valence-electron chi connectivity index (χ2n) is 4.33. The molecular weight excluding hydrogens is 260 g/mol. The number of amides is 2. The molecule has 0 aliphatic rings. The highest BCUT2D eigenvalue weighted by molar-refractivity contribution is 5.87. The largest absolute Gasteiger partial charge is 0.478 e. The van der Waals surface area contributed by atoms with Gasteiger partial charge in [0.2, 0.25) is 11.8 Å². The van der Waals surface area contributed by atoms with Crippen molar-refractivity contribution < 1.29 is 19.5 Å². The molecule has 1 aromatic rings. The van der Waals surface area contributed by atoms with Gasteiger partial charge in [0, 0.05) is 26.4 Å². The number of carbonyl (C=O) groups excluding carboxylic acids is 2. The van der Waals surface area contributed by atoms with Gasteiger partial charge in [-0.1, -0.05) is 12.1 Å². The molecule has 3 N–H and O–H groups in total. The number of rotatable bonds is 7. The summed E-state index contributed by atoms with van der Waals surface area (Å²) < 4.78 is 0. The van der Waals surface area contributed by atoms with E-state index in [1.807, 2.05) is 0 Å². The van der Waals surface area contributed by atoms with Gasteiger partial charge in [-0.3, -0.25) is 9.59 Å². The van der Waals surface area contributed by atoms with Crippen molar-refractivity contribution >= 4 is 17.8 Å². The number of hydrogen-bond donors (Lipinski definition) is 3. The van der Waals surface area contributed by atoms with Gasteiger partial charge >= 0.3 is 5.97 Å². The highest BCUT2D eigenvalue weighted by Crippen LogP contribution is 2.04. The van der Waals surface area contributed by atoms with Crippen LogP contribution in [-0.4, -0.2) is 36.0 Å². The minimum absolute atomic E-state index is 0.124. The molecule has 0 aliphatic heterocycles. The van der Waals surface area contributed by atoms with Crippen molar-refractivity contribution in [3.63, 3.8) is 0 Å². The third-order valence-electron chi connectivity index (χ3n) is 2.66. The van der Waals surface area contributed by atoms with Crippen molar-refractivity contribution in [1.82, 2.24) is 10.6 Å². The summed E-state index contributed by atoms with van der Waals surface area (Å²) in [4.78, 5) is 32.7. The standard InChI is InChI=1S/C14H18N2O4/c1-10(17)15-9-7-13(18)16-8-6-11-2-4-12(5-3-11)14(19)20/h2-5H,6-9H2,1H3,(H,15,17)(H,16,18)(H,19,20). The van der Waals surface area contributed by atoms with Gasteiger partial charge in [0.25, 0.3) is 0 Å². The fraction of sp³-hybridized carbons (Fsp3) is 0.357. The number of carboxylic acid groups (broad SMARTS) is 1. The van der Waals surface area contributed by atoms with E-state index in [9.17, 15) is 14.4 Å². The van der Waals surface area contributed by atoms with Gasteiger partial charge in [0.1, 0.15) is 0 Å². The number of nitrogens with one attached hydrogen (secondary N) is 2. The average molecular weight is 278 g/mol. The number of benzene rings is 1. The number of hydrogen-bond acceptors (Lipinski definition) is 3. The van der Waals surface area contributed by atoms with Crippen molar-refractivity contribution in [2.24, 2.45) is 0 Å². The Morgan fingerprint density at radius 3 is 2.25 bits per heavy atom. The van der Waals surface area contributed by atoms with Crippen LogP contribution in [0.5, 0.6) is 0 Å². The Morgan fingerprint density at radius 1 is 1.05 bits per heavy atom. The smallest absolute Gasteiger partial charge is 0.335 e. The topological polar surface area (TPSA) is 95.5 Å². The second kappa shape index (κ2) is 7.93. The van der Waals surface area contributed by atoms with Gasteiger partial charge in [-0.25, -0.2) is 4.79 Å². The Morgan fingerprint density at radius 2 is 1.70 bits per heavy atom. The lowest BCUT2D eigenvalue weighted by Gasteiger charge is -2.06. The summed E-state index contributed by atoms with van der Waals surface area (Å²) in [5.74, 6) is -1.24. The molecule has 0 unspecified atom stereocenters. The molecule has 2 amide bonds. The quantitative estimate of drug-likeness (QED) is 0.679. The van der Waals surface area contributed by atoms with E-state index in [0.717, 1.165) is 5.56 Å². The number of carboxylic acids is 1. The summed E-state index contributed by atoms with van der Waals surface area (Å²) in [7, 11) is 0. The Kier molecular flexibility index (Phi) is 6.22. The fourth-order valence-electron chi connectivity index (χ4n) is 1.60. The third kappa shape index (κ3) is 5.99. The van der Waals surface area contributed by atoms with Gasteiger partial charge in [0.05, 0.1) is 5.56 Å². The van der Waals surface area contributed by atoms with Crippen LogP contribution in [-0.2, 0) is 16.0 Å². The van der Waals surface area contributed by atoms with Gasteiger partial charge < -0.3 is 15.7 Å². The summed E-state index contributed by atoms with van der Waals surface area (Å²) in [6.45, 7) is 2.21. The van der Waals surface area contributed by atoms with Crippen molar-refractivity contribution in [3.8, 4) is 0 Å². The average Bonchev–Trinajstić information content (AvgIpc) is 2.39. The molecule has 0 spiro atoms. The van der Waals surface area contributed by atoms with Crippen LogP contribution in [0.15, 0.2) is 24.3 Å². The normalized spacial score (nSPS) is 9.85. The van der Waals surface area contributed by atoms with E-state index in [-0.39, 0.29) is 23.8 Å². The molecule has 108 valence electrons. The molecule has 0 radical (unpaired) electrons. The first-order valence-electron chi connectivity index (χ1n) is 6.32. The molecule has 0 saturated carbocycles. The van der Waals surface area contributed by atoms with E-state index in [2.05, 4.69) is 10.6 Å². The Hall–Kier alpha value is -2.37. The predicted octanol–water partition coefficient (Wildman–Crippen LogP) is 0.570. The summed E-state index contributed by atoms with van der Waals surface area (Å²) >= 11 is 0. The molecule has 0 saturated heterocycles. The maximum atomic E-state index is 11.4. The first-order valence-corrected chi connectivity index (χ1v) is 6.32. The molecule has 20 heavy (non-hydrogen) atoms. The molecule has 1 aromatic carbocycles. The van der Waals surface area contributed by atoms with Crippen LogP contribution in [0.3, 0.4) is 0 Å². The highest BCUT2D eigenvalue weighted by atomic mass is 16.4. The predicted molar refractivity (Wildman–Crippen MR) is 73.4 cm³/mol. The van der Waals surface area contributed by atoms with Crippen LogP contribution in [0.4, 0.5) is 0 Å². The molecular formula is C14H18N2O4. The first kappa shape index (κ1) is 15.7. The molecule has 0 aromatic heterocycles. The Balaban J connectivity index is 2.24. The van der Waals surface area contributed by atoms with E-state index < -0.39 is 5.97 Å². The Bertz CT molecular complexity index is 482. The summed E-state index contributed by atoms with van der Waals surface area (Å²) in [6, 6.07) is 6.53. The van der Waals surface area contributed by atoms with Gasteiger partial charge in [-0.2, -0.15) is 0 Å². The van der Waals surface area contributed by atoms with Crippen LogP contribution in [0.1, 0.15) is 29.3 Å². The zero-order chi connectivity index (χ0) is 15.0. The van der Waals surface area contributed by atoms with Gasteiger partial charge in [0.15, 0.2) is 0 Å². The summed E-state index contributed by atoms with van der Waals surface area (Å²) in [5.41, 5.74) is 1.20. The highest BCUT2D eigenvalue weighted by Gasteiger charge is 2.03. The molecule has 0 aliphatic carbocycles. The molecule has 0 atom stereocenters. The molecule has 6 nitrogen and oxygen atoms in total. The zero-order valence-corrected chi connectivity index (χ0v) is 11.3. The summed E-state index contributed by atoms with van der Waals surface area (Å²) in [6.07, 6.45) is 0.878.